The Morgan fingerprint density at radius 2 is 0.906 bits per heavy atom. The predicted octanol–water partition coefficient (Wildman–Crippen LogP) is 6.80. The predicted molar refractivity (Wildman–Crippen MR) is 129 cm³/mol. The number of carbonyl (C=O) groups is 2. The van der Waals surface area contributed by atoms with E-state index in [-0.39, 0.29) is 36.0 Å². The van der Waals surface area contributed by atoms with Crippen molar-refractivity contribution in [2.24, 2.45) is 23.7 Å². The molecule has 2 aromatic carbocycles. The Morgan fingerprint density at radius 1 is 0.594 bits per heavy atom. The summed E-state index contributed by atoms with van der Waals surface area (Å²) < 4.78 is 11.8. The van der Waals surface area contributed by atoms with Crippen LogP contribution in [0.3, 0.4) is 0 Å². The average molecular weight is 439 g/mol. The van der Waals surface area contributed by atoms with Crippen molar-refractivity contribution in [2.75, 3.05) is 0 Å². The lowest BCUT2D eigenvalue weighted by Gasteiger charge is -2.37. The molecule has 0 amide bonds. The molecular weight excluding hydrogens is 400 g/mol. The van der Waals surface area contributed by atoms with Gasteiger partial charge in [-0.2, -0.15) is 0 Å². The highest BCUT2D eigenvalue weighted by molar-refractivity contribution is 5.89. The second-order valence-corrected chi connectivity index (χ2v) is 9.54. The second kappa shape index (κ2) is 12.4. The highest BCUT2D eigenvalue weighted by Gasteiger charge is 2.36. The lowest BCUT2D eigenvalue weighted by molar-refractivity contribution is -0.0334. The number of ether oxygens (including phenoxy) is 2. The summed E-state index contributed by atoms with van der Waals surface area (Å²) in [6, 6.07) is 18.2. The lowest BCUT2D eigenvalue weighted by Crippen LogP contribution is -2.39. The van der Waals surface area contributed by atoms with Gasteiger partial charge in [-0.15, -0.1) is 0 Å². The molecule has 4 unspecified atom stereocenters. The first kappa shape index (κ1) is 25.6. The molecule has 4 atom stereocenters. The Hall–Kier alpha value is -2.62. The zero-order valence-corrected chi connectivity index (χ0v) is 20.3. The average Bonchev–Trinajstić information content (AvgIpc) is 2.76. The van der Waals surface area contributed by atoms with Gasteiger partial charge in [-0.25, -0.2) is 9.59 Å². The molecule has 0 aliphatic heterocycles. The van der Waals surface area contributed by atoms with Gasteiger partial charge in [0.15, 0.2) is 0 Å². The van der Waals surface area contributed by atoms with Crippen LogP contribution >= 0.6 is 0 Å². The van der Waals surface area contributed by atoms with Gasteiger partial charge in [0.2, 0.25) is 0 Å². The summed E-state index contributed by atoms with van der Waals surface area (Å²) in [7, 11) is 0. The molecule has 174 valence electrons. The molecular formula is C28H38O4. The van der Waals surface area contributed by atoms with E-state index in [4.69, 9.17) is 9.47 Å². The standard InChI is InChI=1S/C28H38O4/c1-19(2)17-25(21(5)31-27(29)23-13-9-7-10-14-23)26(18-20(3)4)22(6)32-28(30)24-15-11-8-12-16-24/h7-16,19-22,25-26H,17-18H2,1-6H3. The zero-order valence-electron chi connectivity index (χ0n) is 20.3. The maximum absolute atomic E-state index is 12.7. The Bertz CT molecular complexity index is 758. The van der Waals surface area contributed by atoms with Gasteiger partial charge in [0.1, 0.15) is 12.2 Å². The smallest absolute Gasteiger partial charge is 0.338 e. The van der Waals surface area contributed by atoms with Crippen molar-refractivity contribution in [3.8, 4) is 0 Å². The molecule has 0 spiro atoms. The maximum atomic E-state index is 12.7. The van der Waals surface area contributed by atoms with Gasteiger partial charge in [-0.05, 0) is 62.8 Å². The van der Waals surface area contributed by atoms with E-state index in [0.717, 1.165) is 12.8 Å². The number of hydrogen-bond donors (Lipinski definition) is 0. The third kappa shape index (κ3) is 7.81. The number of rotatable bonds is 11. The number of esters is 2. The van der Waals surface area contributed by atoms with Crippen molar-refractivity contribution in [3.63, 3.8) is 0 Å². The molecule has 4 heteroatoms. The van der Waals surface area contributed by atoms with E-state index in [1.165, 1.54) is 0 Å². The fourth-order valence-electron chi connectivity index (χ4n) is 4.31. The Morgan fingerprint density at radius 3 is 1.19 bits per heavy atom. The SMILES string of the molecule is CC(C)CC(C(C)OC(=O)c1ccccc1)C(CC(C)C)C(C)OC(=O)c1ccccc1. The molecule has 0 aromatic heterocycles. The van der Waals surface area contributed by atoms with Gasteiger partial charge in [0.25, 0.3) is 0 Å². The van der Waals surface area contributed by atoms with Crippen molar-refractivity contribution in [2.45, 2.75) is 66.6 Å². The van der Waals surface area contributed by atoms with Crippen LogP contribution in [0.25, 0.3) is 0 Å². The van der Waals surface area contributed by atoms with E-state index in [1.54, 1.807) is 24.3 Å². The van der Waals surface area contributed by atoms with E-state index in [2.05, 4.69) is 27.7 Å². The van der Waals surface area contributed by atoms with Crippen LogP contribution in [0.2, 0.25) is 0 Å². The van der Waals surface area contributed by atoms with Gasteiger partial charge >= 0.3 is 11.9 Å². The number of hydrogen-bond acceptors (Lipinski definition) is 4. The third-order valence-electron chi connectivity index (χ3n) is 5.85. The zero-order chi connectivity index (χ0) is 23.7. The maximum Gasteiger partial charge on any atom is 0.338 e. The van der Waals surface area contributed by atoms with Crippen molar-refractivity contribution >= 4 is 11.9 Å². The summed E-state index contributed by atoms with van der Waals surface area (Å²) in [5.41, 5.74) is 1.10. The van der Waals surface area contributed by atoms with Crippen LogP contribution in [0.5, 0.6) is 0 Å². The molecule has 0 saturated heterocycles. The van der Waals surface area contributed by atoms with Crippen LogP contribution in [0.1, 0.15) is 75.1 Å². The minimum absolute atomic E-state index is 0.0728. The molecule has 0 heterocycles. The van der Waals surface area contributed by atoms with Crippen LogP contribution in [0, 0.1) is 23.7 Å². The highest BCUT2D eigenvalue weighted by Crippen LogP contribution is 2.34. The summed E-state index contributed by atoms with van der Waals surface area (Å²) in [6.07, 6.45) is 1.17. The van der Waals surface area contributed by atoms with E-state index < -0.39 is 0 Å². The summed E-state index contributed by atoms with van der Waals surface area (Å²) in [5, 5.41) is 0. The molecule has 0 N–H and O–H groups in total. The fourth-order valence-corrected chi connectivity index (χ4v) is 4.31. The second-order valence-electron chi connectivity index (χ2n) is 9.54. The fraction of sp³-hybridized carbons (Fsp3) is 0.500. The molecule has 0 bridgehead atoms. The van der Waals surface area contributed by atoms with Gasteiger partial charge in [0.05, 0.1) is 11.1 Å². The third-order valence-corrected chi connectivity index (χ3v) is 5.85. The Balaban J connectivity index is 2.22. The molecule has 32 heavy (non-hydrogen) atoms. The van der Waals surface area contributed by atoms with Crippen molar-refractivity contribution in [3.05, 3.63) is 71.8 Å². The molecule has 2 aromatic rings. The molecule has 0 fully saturated rings. The lowest BCUT2D eigenvalue weighted by atomic mass is 9.75. The van der Waals surface area contributed by atoms with Crippen LogP contribution in [-0.2, 0) is 9.47 Å². The van der Waals surface area contributed by atoms with Crippen LogP contribution in [0.15, 0.2) is 60.7 Å². The summed E-state index contributed by atoms with van der Waals surface area (Å²) in [4.78, 5) is 25.4. The van der Waals surface area contributed by atoms with Gasteiger partial charge < -0.3 is 9.47 Å². The number of benzene rings is 2. The Kier molecular flexibility index (Phi) is 9.96. The molecule has 0 saturated carbocycles. The molecule has 0 aliphatic carbocycles. The Labute approximate surface area is 193 Å². The molecule has 4 nitrogen and oxygen atoms in total. The van der Waals surface area contributed by atoms with Gasteiger partial charge in [-0.3, -0.25) is 0 Å². The monoisotopic (exact) mass is 438 g/mol. The van der Waals surface area contributed by atoms with Crippen LogP contribution < -0.4 is 0 Å². The molecule has 0 radical (unpaired) electrons. The van der Waals surface area contributed by atoms with Crippen molar-refractivity contribution in [1.29, 1.82) is 0 Å². The van der Waals surface area contributed by atoms with E-state index >= 15 is 0 Å². The van der Waals surface area contributed by atoms with E-state index in [9.17, 15) is 9.59 Å². The largest absolute Gasteiger partial charge is 0.459 e. The molecule has 2 rings (SSSR count). The first-order valence-electron chi connectivity index (χ1n) is 11.7. The van der Waals surface area contributed by atoms with E-state index in [1.807, 2.05) is 50.2 Å². The van der Waals surface area contributed by atoms with E-state index in [0.29, 0.717) is 23.0 Å². The van der Waals surface area contributed by atoms with Crippen LogP contribution in [0.4, 0.5) is 0 Å². The number of carbonyl (C=O) groups excluding carboxylic acids is 2. The van der Waals surface area contributed by atoms with Gasteiger partial charge in [0, 0.05) is 11.8 Å². The first-order valence-corrected chi connectivity index (χ1v) is 11.7. The highest BCUT2D eigenvalue weighted by atomic mass is 16.5. The summed E-state index contributed by atoms with van der Waals surface area (Å²) in [6.45, 7) is 12.6. The van der Waals surface area contributed by atoms with Crippen molar-refractivity contribution in [1.82, 2.24) is 0 Å². The van der Waals surface area contributed by atoms with Crippen LogP contribution in [-0.4, -0.2) is 24.1 Å². The summed E-state index contributed by atoms with van der Waals surface area (Å²) in [5.74, 6) is 0.356. The molecule has 0 aliphatic rings. The first-order chi connectivity index (χ1) is 15.2. The summed E-state index contributed by atoms with van der Waals surface area (Å²) >= 11 is 0. The minimum atomic E-state index is -0.316. The quantitative estimate of drug-likeness (QED) is 0.362. The van der Waals surface area contributed by atoms with Gasteiger partial charge in [-0.1, -0.05) is 64.1 Å². The van der Waals surface area contributed by atoms with Crippen molar-refractivity contribution < 1.29 is 19.1 Å². The minimum Gasteiger partial charge on any atom is -0.459 e. The topological polar surface area (TPSA) is 52.6 Å². The normalized spacial score (nSPS) is 15.1.